The van der Waals surface area contributed by atoms with Crippen LogP contribution in [0.4, 0.5) is 4.79 Å². The van der Waals surface area contributed by atoms with Gasteiger partial charge in [0, 0.05) is 25.0 Å². The summed E-state index contributed by atoms with van der Waals surface area (Å²) in [5, 5.41) is 2.80. The normalized spacial score (nSPS) is 34.4. The van der Waals surface area contributed by atoms with Gasteiger partial charge in [0.2, 0.25) is 5.91 Å². The fraction of sp³-hybridized carbons (Fsp3) is 0.750. The Kier molecular flexibility index (Phi) is 8.12. The first kappa shape index (κ1) is 27.4. The molecule has 5 unspecified atom stereocenters. The number of fused-ring (bicyclic) bond motifs is 2. The second kappa shape index (κ2) is 11.0. The van der Waals surface area contributed by atoms with Crippen LogP contribution in [0.1, 0.15) is 71.1 Å². The monoisotopic (exact) mass is 539 g/mol. The summed E-state index contributed by atoms with van der Waals surface area (Å²) in [5.74, 6) is -2.15. The summed E-state index contributed by atoms with van der Waals surface area (Å²) < 4.78 is 34.5. The molecule has 0 spiro atoms. The highest BCUT2D eigenvalue weighted by Crippen LogP contribution is 2.45. The average molecular weight is 540 g/mol. The maximum absolute atomic E-state index is 13.4. The minimum absolute atomic E-state index is 0.214. The molecule has 2 saturated heterocycles. The minimum Gasteiger partial charge on any atom is -0.436 e. The molecule has 4 rings (SSSR count). The van der Waals surface area contributed by atoms with Gasteiger partial charge in [-0.1, -0.05) is 18.6 Å². The molecule has 0 aromatic rings. The van der Waals surface area contributed by atoms with Crippen LogP contribution in [0.2, 0.25) is 0 Å². The van der Waals surface area contributed by atoms with Gasteiger partial charge < -0.3 is 20.7 Å². The van der Waals surface area contributed by atoms with Gasteiger partial charge in [-0.25, -0.2) is 9.52 Å². The van der Waals surface area contributed by atoms with Gasteiger partial charge in [0.25, 0.3) is 11.8 Å². The smallest absolute Gasteiger partial charge is 0.405 e. The maximum Gasteiger partial charge on any atom is 0.405 e. The van der Waals surface area contributed by atoms with Crippen molar-refractivity contribution < 1.29 is 32.3 Å². The summed E-state index contributed by atoms with van der Waals surface area (Å²) in [6.45, 7) is 2.43. The van der Waals surface area contributed by atoms with Crippen molar-refractivity contribution in [2.75, 3.05) is 13.1 Å². The fourth-order valence-corrected chi connectivity index (χ4v) is 7.19. The lowest BCUT2D eigenvalue weighted by Crippen LogP contribution is -2.58. The largest absolute Gasteiger partial charge is 0.436 e. The highest BCUT2D eigenvalue weighted by Gasteiger charge is 2.61. The van der Waals surface area contributed by atoms with Crippen molar-refractivity contribution in [3.05, 3.63) is 12.2 Å². The first-order valence-electron chi connectivity index (χ1n) is 13.1. The lowest BCUT2D eigenvalue weighted by atomic mass is 10.1. The predicted octanol–water partition coefficient (Wildman–Crippen LogP) is 0.682. The number of hydrogen-bond donors (Lipinski definition) is 3. The Hall–Kier alpha value is -2.67. The zero-order chi connectivity index (χ0) is 26.8. The van der Waals surface area contributed by atoms with Gasteiger partial charge in [-0.15, -0.1) is 0 Å². The van der Waals surface area contributed by atoms with E-state index >= 15 is 0 Å². The Morgan fingerprint density at radius 3 is 2.57 bits per heavy atom. The van der Waals surface area contributed by atoms with Crippen LogP contribution in [-0.2, 0) is 29.3 Å². The van der Waals surface area contributed by atoms with Crippen LogP contribution in [0.25, 0.3) is 0 Å². The molecular weight excluding hydrogens is 502 g/mol. The van der Waals surface area contributed by atoms with Crippen molar-refractivity contribution >= 4 is 34.0 Å². The maximum atomic E-state index is 13.4. The third-order valence-electron chi connectivity index (χ3n) is 7.87. The molecule has 5 atom stereocenters. The predicted molar refractivity (Wildman–Crippen MR) is 133 cm³/mol. The van der Waals surface area contributed by atoms with Gasteiger partial charge in [-0.05, 0) is 64.7 Å². The number of allylic oxidation sites excluding steroid dienone is 1. The Morgan fingerprint density at radius 1 is 1.11 bits per heavy atom. The molecule has 0 bridgehead atoms. The van der Waals surface area contributed by atoms with Gasteiger partial charge in [0.15, 0.2) is 6.10 Å². The van der Waals surface area contributed by atoms with E-state index in [0.717, 1.165) is 25.7 Å². The van der Waals surface area contributed by atoms with E-state index in [9.17, 15) is 27.6 Å². The van der Waals surface area contributed by atoms with E-state index < -0.39 is 51.7 Å². The number of nitrogens with one attached hydrogen (secondary N) is 2. The molecule has 0 aromatic heterocycles. The molecule has 0 radical (unpaired) electrons. The zero-order valence-electron chi connectivity index (χ0n) is 21.2. The third-order valence-corrected chi connectivity index (χ3v) is 9.47. The molecule has 4 amide bonds. The number of nitrogens with zero attached hydrogens (tertiary/aromatic N) is 2. The van der Waals surface area contributed by atoms with E-state index in [-0.39, 0.29) is 18.4 Å². The Bertz CT molecular complexity index is 1060. The van der Waals surface area contributed by atoms with E-state index in [0.29, 0.717) is 45.2 Å². The van der Waals surface area contributed by atoms with Crippen LogP contribution in [0.5, 0.6) is 0 Å². The molecule has 4 aliphatic rings. The average Bonchev–Trinajstić information content (AvgIpc) is 3.15. The summed E-state index contributed by atoms with van der Waals surface area (Å²) in [7, 11) is -4.06. The zero-order valence-corrected chi connectivity index (χ0v) is 22.0. The number of carbonyl (C=O) groups is 4. The van der Waals surface area contributed by atoms with Gasteiger partial charge in [0.1, 0.15) is 11.6 Å². The van der Waals surface area contributed by atoms with Crippen LogP contribution >= 0.6 is 0 Å². The summed E-state index contributed by atoms with van der Waals surface area (Å²) in [5.41, 5.74) is 3.78. The first-order valence-corrected chi connectivity index (χ1v) is 14.6. The quantitative estimate of drug-likeness (QED) is 0.441. The number of hydrogen-bond acceptors (Lipinski definition) is 7. The first-order chi connectivity index (χ1) is 17.5. The van der Waals surface area contributed by atoms with Crippen molar-refractivity contribution in [2.45, 2.75) is 94.9 Å². The van der Waals surface area contributed by atoms with Gasteiger partial charge in [-0.2, -0.15) is 12.7 Å². The van der Waals surface area contributed by atoms with Gasteiger partial charge >= 0.3 is 16.3 Å². The molecular formula is C24H37N5O7S. The van der Waals surface area contributed by atoms with Crippen molar-refractivity contribution in [1.82, 2.24) is 19.2 Å². The van der Waals surface area contributed by atoms with Gasteiger partial charge in [0.05, 0.1) is 0 Å². The highest BCUT2D eigenvalue weighted by molar-refractivity contribution is 7.87. The molecule has 206 valence electrons. The summed E-state index contributed by atoms with van der Waals surface area (Å²) in [4.78, 5) is 52.9. The number of rotatable bonds is 4. The molecule has 1 saturated carbocycles. The van der Waals surface area contributed by atoms with Gasteiger partial charge in [-0.3, -0.25) is 14.4 Å². The highest BCUT2D eigenvalue weighted by atomic mass is 32.2. The number of amides is 4. The van der Waals surface area contributed by atoms with Crippen molar-refractivity contribution in [3.63, 3.8) is 0 Å². The van der Waals surface area contributed by atoms with Crippen molar-refractivity contribution in [2.24, 2.45) is 11.7 Å². The molecule has 12 nitrogen and oxygen atoms in total. The van der Waals surface area contributed by atoms with E-state index in [1.165, 1.54) is 9.21 Å². The molecule has 4 N–H and O–H groups in total. The Labute approximate surface area is 217 Å². The molecule has 37 heavy (non-hydrogen) atoms. The number of primary amides is 1. The number of carbonyl (C=O) groups excluding carboxylic acids is 4. The van der Waals surface area contributed by atoms with E-state index in [4.69, 9.17) is 10.5 Å². The third kappa shape index (κ3) is 5.92. The summed E-state index contributed by atoms with van der Waals surface area (Å²) >= 11 is 0. The minimum atomic E-state index is -4.06. The van der Waals surface area contributed by atoms with Crippen LogP contribution in [0, 0.1) is 5.92 Å². The molecule has 3 heterocycles. The van der Waals surface area contributed by atoms with Crippen LogP contribution in [0.3, 0.4) is 0 Å². The standard InChI is InChI=1S/C24H37N5O7S/c1-16-9-7-14-29(16)37(34,35)27-22(32)24-15-17(24)10-5-3-2-4-6-12-19(36-23(25)33)21(31)28-13-8-11-18(28)20(30)26-24/h5,10,16-19H,2-4,6-9,11-15H2,1H3,(H2,25,33)(H,26,30)(H,27,32)/b10-5+. The Morgan fingerprint density at radius 2 is 1.86 bits per heavy atom. The molecule has 13 heteroatoms. The second-order valence-corrected chi connectivity index (χ2v) is 12.1. The van der Waals surface area contributed by atoms with Crippen LogP contribution < -0.4 is 15.8 Å². The molecule has 3 fully saturated rings. The summed E-state index contributed by atoms with van der Waals surface area (Å²) in [6, 6.07) is -1.07. The van der Waals surface area contributed by atoms with E-state index in [2.05, 4.69) is 10.0 Å². The van der Waals surface area contributed by atoms with E-state index in [1.807, 2.05) is 12.2 Å². The fourth-order valence-electron chi connectivity index (χ4n) is 5.71. The van der Waals surface area contributed by atoms with Crippen LogP contribution in [0.15, 0.2) is 12.2 Å². The molecule has 0 aromatic carbocycles. The summed E-state index contributed by atoms with van der Waals surface area (Å²) in [6.07, 6.45) is 7.59. The molecule has 3 aliphatic heterocycles. The number of ether oxygens (including phenoxy) is 1. The van der Waals surface area contributed by atoms with E-state index in [1.54, 1.807) is 6.92 Å². The van der Waals surface area contributed by atoms with Crippen molar-refractivity contribution in [1.29, 1.82) is 0 Å². The number of nitrogens with two attached hydrogens (primary N) is 1. The Balaban J connectivity index is 1.56. The molecule has 1 aliphatic carbocycles. The topological polar surface area (TPSA) is 168 Å². The van der Waals surface area contributed by atoms with Crippen LogP contribution in [-0.4, -0.2) is 78.3 Å². The SMILES string of the molecule is CC1CCCN1S(=O)(=O)NC(=O)C12CC1/C=C/CCCCCC(OC(N)=O)C(=O)N1CCCC1C(=O)N2. The lowest BCUT2D eigenvalue weighted by Gasteiger charge is -2.29. The van der Waals surface area contributed by atoms with Crippen molar-refractivity contribution in [3.8, 4) is 0 Å². The second-order valence-electron chi connectivity index (χ2n) is 10.5. The lowest BCUT2D eigenvalue weighted by molar-refractivity contribution is -0.146.